The molecule has 0 aliphatic carbocycles. The van der Waals surface area contributed by atoms with Crippen molar-refractivity contribution < 1.29 is 22.7 Å². The monoisotopic (exact) mass is 247 g/mol. The van der Waals surface area contributed by atoms with Crippen molar-refractivity contribution in [2.75, 3.05) is 13.7 Å². The van der Waals surface area contributed by atoms with Crippen molar-refractivity contribution in [1.82, 2.24) is 5.32 Å². The molecule has 0 saturated heterocycles. The van der Waals surface area contributed by atoms with Crippen LogP contribution in [0.25, 0.3) is 0 Å². The summed E-state index contributed by atoms with van der Waals surface area (Å²) in [6, 6.07) is 4.82. The molecule has 0 aliphatic rings. The Balaban J connectivity index is 2.49. The number of benzene rings is 1. The number of nitrogens with one attached hydrogen (secondary N) is 1. The van der Waals surface area contributed by atoms with E-state index >= 15 is 0 Å². The van der Waals surface area contributed by atoms with Gasteiger partial charge in [-0.3, -0.25) is 0 Å². The van der Waals surface area contributed by atoms with E-state index in [2.05, 4.69) is 10.1 Å². The zero-order chi connectivity index (χ0) is 12.9. The molecule has 0 bridgehead atoms. The second kappa shape index (κ2) is 5.56. The lowest BCUT2D eigenvalue weighted by atomic mass is 10.1. The van der Waals surface area contributed by atoms with Crippen LogP contribution in [0.15, 0.2) is 24.3 Å². The van der Waals surface area contributed by atoms with Crippen LogP contribution in [0.2, 0.25) is 0 Å². The summed E-state index contributed by atoms with van der Waals surface area (Å²) in [4.78, 5) is 10.7. The maximum Gasteiger partial charge on any atom is 0.416 e. The van der Waals surface area contributed by atoms with Gasteiger partial charge in [0.25, 0.3) is 0 Å². The Kier molecular flexibility index (Phi) is 4.37. The number of halogens is 3. The Labute approximate surface area is 96.6 Å². The molecule has 0 fully saturated rings. The molecule has 3 nitrogen and oxygen atoms in total. The van der Waals surface area contributed by atoms with Crippen molar-refractivity contribution in [2.24, 2.45) is 0 Å². The van der Waals surface area contributed by atoms with Crippen LogP contribution < -0.4 is 5.32 Å². The molecule has 0 radical (unpaired) electrons. The second-order valence-corrected chi connectivity index (χ2v) is 3.36. The average Bonchev–Trinajstić information content (AvgIpc) is 2.28. The molecule has 1 rings (SSSR count). The predicted octanol–water partition coefficient (Wildman–Crippen LogP) is 2.60. The second-order valence-electron chi connectivity index (χ2n) is 3.36. The van der Waals surface area contributed by atoms with Crippen molar-refractivity contribution >= 4 is 6.09 Å². The number of hydrogen-bond donors (Lipinski definition) is 1. The molecule has 6 heteroatoms. The smallest absolute Gasteiger partial charge is 0.416 e. The van der Waals surface area contributed by atoms with Crippen LogP contribution in [0.3, 0.4) is 0 Å². The molecule has 0 spiro atoms. The van der Waals surface area contributed by atoms with E-state index in [0.29, 0.717) is 13.0 Å². The summed E-state index contributed by atoms with van der Waals surface area (Å²) in [6.07, 6.45) is -4.42. The van der Waals surface area contributed by atoms with E-state index in [1.54, 1.807) is 0 Å². The first kappa shape index (κ1) is 13.3. The van der Waals surface area contributed by atoms with E-state index in [-0.39, 0.29) is 0 Å². The van der Waals surface area contributed by atoms with Gasteiger partial charge in [-0.1, -0.05) is 12.1 Å². The molecule has 94 valence electrons. The highest BCUT2D eigenvalue weighted by molar-refractivity contribution is 5.66. The van der Waals surface area contributed by atoms with E-state index in [1.807, 2.05) is 0 Å². The summed E-state index contributed by atoms with van der Waals surface area (Å²) in [5, 5.41) is 2.44. The Morgan fingerprint density at radius 3 is 2.35 bits per heavy atom. The molecular formula is C11H12F3NO2. The molecule has 0 unspecified atom stereocenters. The third-order valence-corrected chi connectivity index (χ3v) is 2.15. The lowest BCUT2D eigenvalue weighted by Gasteiger charge is -2.08. The minimum Gasteiger partial charge on any atom is -0.453 e. The highest BCUT2D eigenvalue weighted by Gasteiger charge is 2.29. The number of methoxy groups -OCH3 is 1. The van der Waals surface area contributed by atoms with E-state index in [0.717, 1.165) is 17.7 Å². The van der Waals surface area contributed by atoms with E-state index in [1.165, 1.54) is 19.2 Å². The maximum absolute atomic E-state index is 12.2. The molecule has 1 N–H and O–H groups in total. The SMILES string of the molecule is COC(=O)NCCc1ccc(C(F)(F)F)cc1. The number of hydrogen-bond acceptors (Lipinski definition) is 2. The van der Waals surface area contributed by atoms with Crippen LogP contribution in [-0.2, 0) is 17.3 Å². The summed E-state index contributed by atoms with van der Waals surface area (Å²) in [5.41, 5.74) is 0.0385. The highest BCUT2D eigenvalue weighted by Crippen LogP contribution is 2.29. The standard InChI is InChI=1S/C11H12F3NO2/c1-17-10(16)15-7-6-8-2-4-9(5-3-8)11(12,13)14/h2-5H,6-7H2,1H3,(H,15,16). The van der Waals surface area contributed by atoms with Crippen LogP contribution in [0, 0.1) is 0 Å². The van der Waals surface area contributed by atoms with E-state index in [9.17, 15) is 18.0 Å². The third kappa shape index (κ3) is 4.34. The topological polar surface area (TPSA) is 38.3 Å². The molecule has 0 atom stereocenters. The van der Waals surface area contributed by atoms with Gasteiger partial charge in [0, 0.05) is 6.54 Å². The summed E-state index contributed by atoms with van der Waals surface area (Å²) in [6.45, 7) is 0.317. The molecule has 17 heavy (non-hydrogen) atoms. The van der Waals surface area contributed by atoms with Gasteiger partial charge in [0.2, 0.25) is 0 Å². The van der Waals surface area contributed by atoms with Crippen LogP contribution in [-0.4, -0.2) is 19.7 Å². The fourth-order valence-corrected chi connectivity index (χ4v) is 1.24. The highest BCUT2D eigenvalue weighted by atomic mass is 19.4. The van der Waals surface area contributed by atoms with Crippen molar-refractivity contribution in [2.45, 2.75) is 12.6 Å². The van der Waals surface area contributed by atoms with Gasteiger partial charge in [-0.05, 0) is 24.1 Å². The van der Waals surface area contributed by atoms with Crippen molar-refractivity contribution in [1.29, 1.82) is 0 Å². The first-order valence-corrected chi connectivity index (χ1v) is 4.91. The number of alkyl halides is 3. The number of carbonyl (C=O) groups is 1. The minimum atomic E-state index is -4.32. The zero-order valence-corrected chi connectivity index (χ0v) is 9.17. The van der Waals surface area contributed by atoms with Gasteiger partial charge in [0.1, 0.15) is 0 Å². The van der Waals surface area contributed by atoms with Crippen LogP contribution in [0.4, 0.5) is 18.0 Å². The van der Waals surface area contributed by atoms with Crippen LogP contribution in [0.5, 0.6) is 0 Å². The molecule has 0 aliphatic heterocycles. The molecule has 1 aromatic carbocycles. The normalized spacial score (nSPS) is 11.1. The van der Waals surface area contributed by atoms with Crippen LogP contribution in [0.1, 0.15) is 11.1 Å². The molecular weight excluding hydrogens is 235 g/mol. The van der Waals surface area contributed by atoms with Gasteiger partial charge in [0.15, 0.2) is 0 Å². The van der Waals surface area contributed by atoms with Gasteiger partial charge in [-0.25, -0.2) is 4.79 Å². The Morgan fingerprint density at radius 1 is 1.29 bits per heavy atom. The quantitative estimate of drug-likeness (QED) is 0.891. The molecule has 1 amide bonds. The Morgan fingerprint density at radius 2 is 1.88 bits per heavy atom. The van der Waals surface area contributed by atoms with Crippen LogP contribution >= 0.6 is 0 Å². The number of amides is 1. The maximum atomic E-state index is 12.2. The van der Waals surface area contributed by atoms with E-state index < -0.39 is 17.8 Å². The number of alkyl carbamates (subject to hydrolysis) is 1. The summed E-state index contributed by atoms with van der Waals surface area (Å²) < 4.78 is 41.1. The third-order valence-electron chi connectivity index (χ3n) is 2.15. The van der Waals surface area contributed by atoms with Crippen molar-refractivity contribution in [3.05, 3.63) is 35.4 Å². The lowest BCUT2D eigenvalue weighted by Crippen LogP contribution is -2.25. The zero-order valence-electron chi connectivity index (χ0n) is 9.17. The molecule has 0 saturated carbocycles. The van der Waals surface area contributed by atoms with Crippen molar-refractivity contribution in [3.63, 3.8) is 0 Å². The molecule has 1 aromatic rings. The molecule has 0 aromatic heterocycles. The fourth-order valence-electron chi connectivity index (χ4n) is 1.24. The molecule has 0 heterocycles. The van der Waals surface area contributed by atoms with Gasteiger partial charge in [0.05, 0.1) is 12.7 Å². The van der Waals surface area contributed by atoms with E-state index in [4.69, 9.17) is 0 Å². The fraction of sp³-hybridized carbons (Fsp3) is 0.364. The van der Waals surface area contributed by atoms with Gasteiger partial charge < -0.3 is 10.1 Å². The Hall–Kier alpha value is -1.72. The Bertz CT molecular complexity index is 373. The first-order valence-electron chi connectivity index (χ1n) is 4.91. The predicted molar refractivity (Wildman–Crippen MR) is 55.6 cm³/mol. The summed E-state index contributed by atoms with van der Waals surface area (Å²) in [7, 11) is 1.24. The average molecular weight is 247 g/mol. The number of carbonyl (C=O) groups excluding carboxylic acids is 1. The van der Waals surface area contributed by atoms with Crippen molar-refractivity contribution in [3.8, 4) is 0 Å². The van der Waals surface area contributed by atoms with Gasteiger partial charge >= 0.3 is 12.3 Å². The largest absolute Gasteiger partial charge is 0.453 e. The first-order chi connectivity index (χ1) is 7.93. The number of ether oxygens (including phenoxy) is 1. The lowest BCUT2D eigenvalue weighted by molar-refractivity contribution is -0.137. The summed E-state index contributed by atoms with van der Waals surface area (Å²) >= 11 is 0. The minimum absolute atomic E-state index is 0.317. The van der Waals surface area contributed by atoms with Gasteiger partial charge in [-0.2, -0.15) is 13.2 Å². The number of rotatable bonds is 3. The van der Waals surface area contributed by atoms with Gasteiger partial charge in [-0.15, -0.1) is 0 Å². The summed E-state index contributed by atoms with van der Waals surface area (Å²) in [5.74, 6) is 0.